The van der Waals surface area contributed by atoms with Gasteiger partial charge in [0.05, 0.1) is 16.3 Å². The molecule has 0 spiro atoms. The summed E-state index contributed by atoms with van der Waals surface area (Å²) in [6, 6.07) is 7.35. The third-order valence-corrected chi connectivity index (χ3v) is 5.71. The highest BCUT2D eigenvalue weighted by Gasteiger charge is 2.12. The second-order valence-corrected chi connectivity index (χ2v) is 8.39. The molecular formula is C32H39ClN4O. The maximum atomic E-state index is 12.6. The number of hydrogen-bond acceptors (Lipinski definition) is 4. The molecule has 0 radical (unpaired) electrons. The molecule has 1 amide bonds. The van der Waals surface area contributed by atoms with Gasteiger partial charge >= 0.3 is 0 Å². The Morgan fingerprint density at radius 2 is 1.95 bits per heavy atom. The summed E-state index contributed by atoms with van der Waals surface area (Å²) in [6.45, 7) is 14.0. The Labute approximate surface area is 234 Å². The average molecular weight is 531 g/mol. The fourth-order valence-corrected chi connectivity index (χ4v) is 3.46. The van der Waals surface area contributed by atoms with E-state index in [0.717, 1.165) is 41.8 Å². The van der Waals surface area contributed by atoms with E-state index in [9.17, 15) is 4.79 Å². The first kappa shape index (κ1) is 33.9. The molecule has 0 saturated heterocycles. The summed E-state index contributed by atoms with van der Waals surface area (Å²) in [4.78, 5) is 12.6. The van der Waals surface area contributed by atoms with Crippen LogP contribution in [0.25, 0.3) is 0 Å². The minimum Gasteiger partial charge on any atom is -0.348 e. The van der Waals surface area contributed by atoms with Crippen LogP contribution in [0.1, 0.15) is 59.4 Å². The molecule has 0 aliphatic carbocycles. The first-order valence-corrected chi connectivity index (χ1v) is 12.8. The Morgan fingerprint density at radius 1 is 1.24 bits per heavy atom. The Hall–Kier alpha value is -4.06. The number of nitrogens with zero attached hydrogens (tertiary/aromatic N) is 3. The number of rotatable bonds is 13. The number of hydrazone groups is 1. The Balaban J connectivity index is 0.00000667. The molecule has 6 heteroatoms. The minimum absolute atomic E-state index is 0.113. The van der Waals surface area contributed by atoms with Crippen LogP contribution in [-0.2, 0) is 4.79 Å². The third-order valence-electron chi connectivity index (χ3n) is 5.39. The van der Waals surface area contributed by atoms with E-state index in [1.54, 1.807) is 24.4 Å². The zero-order valence-corrected chi connectivity index (χ0v) is 23.9. The van der Waals surface area contributed by atoms with Gasteiger partial charge in [-0.15, -0.1) is 12.8 Å². The summed E-state index contributed by atoms with van der Waals surface area (Å²) in [7, 11) is 0. The fourth-order valence-electron chi connectivity index (χ4n) is 3.24. The number of halogens is 1. The Kier molecular flexibility index (Phi) is 17.9. The summed E-state index contributed by atoms with van der Waals surface area (Å²) in [5, 5.41) is 18.8. The fraction of sp³-hybridized carbons (Fsp3) is 0.281. The summed E-state index contributed by atoms with van der Waals surface area (Å²) >= 11 is 6.23. The van der Waals surface area contributed by atoms with E-state index in [0.29, 0.717) is 22.7 Å². The van der Waals surface area contributed by atoms with E-state index >= 15 is 0 Å². The molecule has 0 unspecified atom stereocenters. The summed E-state index contributed by atoms with van der Waals surface area (Å²) < 4.78 is 0. The lowest BCUT2D eigenvalue weighted by Gasteiger charge is -2.22. The van der Waals surface area contributed by atoms with Crippen molar-refractivity contribution >= 4 is 29.4 Å². The Bertz CT molecular complexity index is 1170. The van der Waals surface area contributed by atoms with Crippen LogP contribution < -0.4 is 10.3 Å². The molecule has 0 aliphatic heterocycles. The van der Waals surface area contributed by atoms with Crippen molar-refractivity contribution in [3.63, 3.8) is 0 Å². The molecule has 200 valence electrons. The van der Waals surface area contributed by atoms with Crippen molar-refractivity contribution in [3.05, 3.63) is 100 Å². The van der Waals surface area contributed by atoms with Crippen LogP contribution in [0.4, 0.5) is 5.69 Å². The van der Waals surface area contributed by atoms with Gasteiger partial charge in [0.15, 0.2) is 0 Å². The molecule has 0 saturated carbocycles. The van der Waals surface area contributed by atoms with Crippen LogP contribution >= 0.6 is 11.6 Å². The lowest BCUT2D eigenvalue weighted by Crippen LogP contribution is -2.26. The summed E-state index contributed by atoms with van der Waals surface area (Å²) in [6.07, 6.45) is 25.6. The second-order valence-electron chi connectivity index (χ2n) is 7.98. The number of nitrogens with one attached hydrogen (secondary N) is 1. The summed E-state index contributed by atoms with van der Waals surface area (Å²) in [5.74, 6) is -0.113. The van der Waals surface area contributed by atoms with Gasteiger partial charge in [-0.05, 0) is 70.7 Å². The van der Waals surface area contributed by atoms with E-state index < -0.39 is 0 Å². The molecule has 0 aromatic heterocycles. The van der Waals surface area contributed by atoms with Crippen LogP contribution in [0, 0.1) is 24.2 Å². The highest BCUT2D eigenvalue weighted by atomic mass is 35.5. The van der Waals surface area contributed by atoms with Gasteiger partial charge in [-0.25, -0.2) is 5.01 Å². The quantitative estimate of drug-likeness (QED) is 0.0921. The molecule has 1 N–H and O–H groups in total. The van der Waals surface area contributed by atoms with E-state index in [4.69, 9.17) is 16.9 Å². The lowest BCUT2D eigenvalue weighted by molar-refractivity contribution is -0.117. The molecule has 1 rings (SSSR count). The van der Waals surface area contributed by atoms with Crippen molar-refractivity contribution in [2.45, 2.75) is 53.9 Å². The monoisotopic (exact) mass is 530 g/mol. The van der Waals surface area contributed by atoms with Gasteiger partial charge in [0, 0.05) is 24.0 Å². The second kappa shape index (κ2) is 20.0. The molecule has 1 aromatic rings. The van der Waals surface area contributed by atoms with Gasteiger partial charge in [-0.1, -0.05) is 73.2 Å². The van der Waals surface area contributed by atoms with Crippen LogP contribution in [0.5, 0.6) is 0 Å². The molecule has 1 aromatic carbocycles. The van der Waals surface area contributed by atoms with Gasteiger partial charge in [0.25, 0.3) is 5.91 Å². The molecule has 0 heterocycles. The number of terminal acetylenes is 1. The highest BCUT2D eigenvalue weighted by molar-refractivity contribution is 6.32. The molecule has 0 fully saturated rings. The highest BCUT2D eigenvalue weighted by Crippen LogP contribution is 2.28. The van der Waals surface area contributed by atoms with Gasteiger partial charge in [0.2, 0.25) is 0 Å². The maximum absolute atomic E-state index is 12.6. The number of allylic oxidation sites excluding steroid dienone is 7. The van der Waals surface area contributed by atoms with Crippen LogP contribution in [0.15, 0.2) is 94.8 Å². The van der Waals surface area contributed by atoms with Crippen molar-refractivity contribution < 1.29 is 4.79 Å². The van der Waals surface area contributed by atoms with Crippen molar-refractivity contribution in [1.29, 1.82) is 5.26 Å². The SMILES string of the molecule is C#C.C=C/C=C(\C=C/CC)CNC(=O)C(/C=C\CC/C(C)=C(\C)N(/N=C/C)c1ccc(C#N)c(Cl)c1)=C/C. The van der Waals surface area contributed by atoms with E-state index in [-0.39, 0.29) is 5.91 Å². The van der Waals surface area contributed by atoms with Crippen LogP contribution in [0.2, 0.25) is 5.02 Å². The number of carbonyl (C=O) groups is 1. The smallest absolute Gasteiger partial charge is 0.251 e. The van der Waals surface area contributed by atoms with Crippen molar-refractivity contribution in [2.24, 2.45) is 5.10 Å². The average Bonchev–Trinajstić information content (AvgIpc) is 2.93. The minimum atomic E-state index is -0.113. The van der Waals surface area contributed by atoms with Crippen molar-refractivity contribution in [2.75, 3.05) is 11.6 Å². The Morgan fingerprint density at radius 3 is 2.50 bits per heavy atom. The molecule has 0 aliphatic rings. The van der Waals surface area contributed by atoms with E-state index in [1.165, 1.54) is 0 Å². The predicted molar refractivity (Wildman–Crippen MR) is 164 cm³/mol. The van der Waals surface area contributed by atoms with Gasteiger partial charge in [0.1, 0.15) is 6.07 Å². The first-order chi connectivity index (χ1) is 18.3. The number of carbonyl (C=O) groups excluding carboxylic acids is 1. The maximum Gasteiger partial charge on any atom is 0.251 e. The lowest BCUT2D eigenvalue weighted by atomic mass is 10.1. The van der Waals surface area contributed by atoms with Crippen LogP contribution in [0.3, 0.4) is 0 Å². The number of nitriles is 1. The van der Waals surface area contributed by atoms with E-state index in [2.05, 4.69) is 55.8 Å². The summed E-state index contributed by atoms with van der Waals surface area (Å²) in [5.41, 5.74) is 4.97. The normalized spacial score (nSPS) is 12.6. The number of hydrogen-bond donors (Lipinski definition) is 1. The van der Waals surface area contributed by atoms with Gasteiger partial charge in [-0.3, -0.25) is 4.79 Å². The topological polar surface area (TPSA) is 68.5 Å². The molecule has 0 atom stereocenters. The van der Waals surface area contributed by atoms with Crippen LogP contribution in [-0.4, -0.2) is 18.7 Å². The molecule has 0 bridgehead atoms. The van der Waals surface area contributed by atoms with Gasteiger partial charge in [-0.2, -0.15) is 10.4 Å². The first-order valence-electron chi connectivity index (χ1n) is 12.4. The zero-order chi connectivity index (χ0) is 28.9. The molecule has 5 nitrogen and oxygen atoms in total. The van der Waals surface area contributed by atoms with Gasteiger partial charge < -0.3 is 5.32 Å². The van der Waals surface area contributed by atoms with Crippen molar-refractivity contribution in [1.82, 2.24) is 5.32 Å². The predicted octanol–water partition coefficient (Wildman–Crippen LogP) is 8.04. The standard InChI is InChI=1S/C30H37ClN4O.C2H2/c1-7-11-16-25(14-8-2)22-33-30(36)26(9-3)17-13-12-15-23(5)24(6)35(34-10-4)28-19-18-27(21-32)29(31)20-28;1-2/h8-11,13-14,16-20H,2,7,12,15,22H2,1,3-6H3,(H,33,36);1-2H/b16-11-,17-13-,24-23+,25-14+,26-9+,34-10+;. The number of anilines is 1. The van der Waals surface area contributed by atoms with E-state index in [1.807, 2.05) is 62.2 Å². The largest absolute Gasteiger partial charge is 0.348 e. The number of amides is 1. The molecule has 38 heavy (non-hydrogen) atoms. The zero-order valence-electron chi connectivity index (χ0n) is 23.2. The number of benzene rings is 1. The molecular weight excluding hydrogens is 492 g/mol. The third kappa shape index (κ3) is 11.8. The van der Waals surface area contributed by atoms with Crippen molar-refractivity contribution in [3.8, 4) is 18.9 Å².